The minimum absolute atomic E-state index is 0.136. The Labute approximate surface area is 185 Å². The molecule has 1 unspecified atom stereocenters. The van der Waals surface area contributed by atoms with Crippen LogP contribution in [0.1, 0.15) is 15.9 Å². The van der Waals surface area contributed by atoms with Crippen molar-refractivity contribution >= 4 is 39.9 Å². The number of nitro benzene ring substituents is 1. The van der Waals surface area contributed by atoms with Crippen molar-refractivity contribution in [3.63, 3.8) is 0 Å². The van der Waals surface area contributed by atoms with E-state index in [1.807, 2.05) is 0 Å². The molecule has 0 saturated carbocycles. The van der Waals surface area contributed by atoms with Crippen molar-refractivity contribution in [2.45, 2.75) is 6.54 Å². The summed E-state index contributed by atoms with van der Waals surface area (Å²) in [7, 11) is 1.37. The zero-order valence-electron chi connectivity index (χ0n) is 16.7. The summed E-state index contributed by atoms with van der Waals surface area (Å²) in [4.78, 5) is 23.4. The molecule has 11 heteroatoms. The normalized spacial score (nSPS) is 13.1. The summed E-state index contributed by atoms with van der Waals surface area (Å²) < 4.78 is 27.4. The monoisotopic (exact) mass is 454 g/mol. The lowest BCUT2D eigenvalue weighted by Crippen LogP contribution is -2.15. The SMILES string of the molecule is COc1cc(-c2ccc3c(c2)Nc2cc(CNS(=O)O)ccc2NC3=O)ccc1[N+](=O)[O-]. The highest BCUT2D eigenvalue weighted by molar-refractivity contribution is 7.77. The highest BCUT2D eigenvalue weighted by Crippen LogP contribution is 2.37. The maximum absolute atomic E-state index is 12.7. The fraction of sp³-hybridized carbons (Fsp3) is 0.0952. The predicted octanol–water partition coefficient (Wildman–Crippen LogP) is 3.81. The topological polar surface area (TPSA) is 143 Å². The van der Waals surface area contributed by atoms with E-state index in [-0.39, 0.29) is 23.9 Å². The van der Waals surface area contributed by atoms with E-state index < -0.39 is 16.2 Å². The van der Waals surface area contributed by atoms with Crippen LogP contribution in [0.3, 0.4) is 0 Å². The molecule has 0 aliphatic carbocycles. The number of ether oxygens (including phenoxy) is 1. The summed E-state index contributed by atoms with van der Waals surface area (Å²) in [5.41, 5.74) is 4.19. The van der Waals surface area contributed by atoms with Gasteiger partial charge < -0.3 is 15.4 Å². The molecule has 0 spiro atoms. The Morgan fingerprint density at radius 3 is 2.50 bits per heavy atom. The maximum atomic E-state index is 12.7. The van der Waals surface area contributed by atoms with Crippen LogP contribution in [0.4, 0.5) is 22.7 Å². The Morgan fingerprint density at radius 2 is 1.78 bits per heavy atom. The van der Waals surface area contributed by atoms with Gasteiger partial charge in [0.15, 0.2) is 5.75 Å². The average Bonchev–Trinajstić information content (AvgIpc) is 2.91. The third kappa shape index (κ3) is 4.30. The van der Waals surface area contributed by atoms with Gasteiger partial charge in [0.25, 0.3) is 5.91 Å². The molecule has 1 aliphatic heterocycles. The minimum atomic E-state index is -2.14. The van der Waals surface area contributed by atoms with Gasteiger partial charge in [-0.05, 0) is 53.1 Å². The van der Waals surface area contributed by atoms with Crippen LogP contribution in [0.2, 0.25) is 0 Å². The van der Waals surface area contributed by atoms with Gasteiger partial charge in [-0.1, -0.05) is 12.1 Å². The molecule has 1 amide bonds. The molecule has 0 radical (unpaired) electrons. The van der Waals surface area contributed by atoms with Crippen molar-refractivity contribution < 1.29 is 23.2 Å². The van der Waals surface area contributed by atoms with Gasteiger partial charge in [0.05, 0.1) is 34.7 Å². The number of hydrogen-bond donors (Lipinski definition) is 4. The number of nitrogens with one attached hydrogen (secondary N) is 3. The highest BCUT2D eigenvalue weighted by Gasteiger charge is 2.21. The molecule has 0 aromatic heterocycles. The van der Waals surface area contributed by atoms with Gasteiger partial charge in [0, 0.05) is 12.6 Å². The number of amides is 1. The van der Waals surface area contributed by atoms with Crippen LogP contribution in [0.25, 0.3) is 11.1 Å². The summed E-state index contributed by atoms with van der Waals surface area (Å²) in [6.45, 7) is 0.168. The fourth-order valence-corrected chi connectivity index (χ4v) is 3.72. The molecule has 1 heterocycles. The Bertz CT molecular complexity index is 1260. The van der Waals surface area contributed by atoms with E-state index in [9.17, 15) is 19.1 Å². The number of carbonyl (C=O) groups excluding carboxylic acids is 1. The van der Waals surface area contributed by atoms with Crippen LogP contribution in [-0.2, 0) is 17.8 Å². The second-order valence-electron chi connectivity index (χ2n) is 6.93. The van der Waals surface area contributed by atoms with Crippen molar-refractivity contribution in [3.05, 3.63) is 75.8 Å². The van der Waals surface area contributed by atoms with E-state index in [2.05, 4.69) is 15.4 Å². The van der Waals surface area contributed by atoms with E-state index in [4.69, 9.17) is 9.29 Å². The van der Waals surface area contributed by atoms with Crippen LogP contribution >= 0.6 is 0 Å². The number of anilines is 3. The lowest BCUT2D eigenvalue weighted by atomic mass is 10.0. The van der Waals surface area contributed by atoms with E-state index in [1.165, 1.54) is 13.2 Å². The smallest absolute Gasteiger partial charge is 0.310 e. The molecule has 3 aromatic rings. The summed E-state index contributed by atoms with van der Waals surface area (Å²) >= 11 is -2.14. The first-order chi connectivity index (χ1) is 15.4. The van der Waals surface area contributed by atoms with Crippen molar-refractivity contribution in [1.82, 2.24) is 4.72 Å². The molecule has 0 fully saturated rings. The molecule has 164 valence electrons. The molecule has 1 aliphatic rings. The Balaban J connectivity index is 1.72. The lowest BCUT2D eigenvalue weighted by molar-refractivity contribution is -0.385. The van der Waals surface area contributed by atoms with Gasteiger partial charge in [-0.25, -0.2) is 8.93 Å². The van der Waals surface area contributed by atoms with E-state index in [1.54, 1.807) is 48.5 Å². The number of benzene rings is 3. The molecule has 1 atom stereocenters. The first-order valence-electron chi connectivity index (χ1n) is 9.38. The van der Waals surface area contributed by atoms with E-state index in [0.717, 1.165) is 11.1 Å². The van der Waals surface area contributed by atoms with Gasteiger partial charge in [-0.3, -0.25) is 19.5 Å². The van der Waals surface area contributed by atoms with Crippen LogP contribution in [-0.4, -0.2) is 26.7 Å². The second-order valence-corrected chi connectivity index (χ2v) is 7.72. The molecular formula is C21H18N4O6S. The van der Waals surface area contributed by atoms with Gasteiger partial charge >= 0.3 is 5.69 Å². The van der Waals surface area contributed by atoms with Crippen molar-refractivity contribution in [1.29, 1.82) is 0 Å². The molecule has 0 bridgehead atoms. The summed E-state index contributed by atoms with van der Waals surface area (Å²) in [6, 6.07) is 15.0. The van der Waals surface area contributed by atoms with Crippen LogP contribution in [0.15, 0.2) is 54.6 Å². The molecule has 10 nitrogen and oxygen atoms in total. The van der Waals surface area contributed by atoms with Gasteiger partial charge in [-0.15, -0.1) is 0 Å². The Hall–Kier alpha value is -3.80. The van der Waals surface area contributed by atoms with Gasteiger partial charge in [-0.2, -0.15) is 0 Å². The predicted molar refractivity (Wildman–Crippen MR) is 120 cm³/mol. The van der Waals surface area contributed by atoms with Gasteiger partial charge in [0.2, 0.25) is 11.3 Å². The number of carbonyl (C=O) groups is 1. The number of nitrogens with zero attached hydrogens (tertiary/aromatic N) is 1. The highest BCUT2D eigenvalue weighted by atomic mass is 32.2. The maximum Gasteiger partial charge on any atom is 0.310 e. The van der Waals surface area contributed by atoms with Crippen molar-refractivity contribution in [2.24, 2.45) is 0 Å². The van der Waals surface area contributed by atoms with E-state index >= 15 is 0 Å². The molecule has 4 N–H and O–H groups in total. The van der Waals surface area contributed by atoms with Crippen LogP contribution < -0.4 is 20.1 Å². The van der Waals surface area contributed by atoms with Gasteiger partial charge in [0.1, 0.15) is 0 Å². The first-order valence-corrected chi connectivity index (χ1v) is 10.5. The number of nitro groups is 1. The quantitative estimate of drug-likeness (QED) is 0.252. The summed E-state index contributed by atoms with van der Waals surface area (Å²) in [6.07, 6.45) is 0. The fourth-order valence-electron chi connectivity index (χ4n) is 3.43. The molecule has 32 heavy (non-hydrogen) atoms. The molecule has 3 aromatic carbocycles. The Kier molecular flexibility index (Phi) is 5.86. The zero-order valence-corrected chi connectivity index (χ0v) is 17.6. The molecule has 4 rings (SSSR count). The first kappa shape index (κ1) is 21.4. The number of hydrogen-bond acceptors (Lipinski definition) is 6. The van der Waals surface area contributed by atoms with Crippen LogP contribution in [0, 0.1) is 10.1 Å². The van der Waals surface area contributed by atoms with Crippen molar-refractivity contribution in [2.75, 3.05) is 17.7 Å². The van der Waals surface area contributed by atoms with Crippen LogP contribution in [0.5, 0.6) is 5.75 Å². The zero-order chi connectivity index (χ0) is 22.8. The number of fused-ring (bicyclic) bond motifs is 2. The van der Waals surface area contributed by atoms with E-state index in [0.29, 0.717) is 28.2 Å². The average molecular weight is 454 g/mol. The third-order valence-corrected chi connectivity index (χ3v) is 5.37. The number of methoxy groups -OCH3 is 1. The molecular weight excluding hydrogens is 436 g/mol. The third-order valence-electron chi connectivity index (χ3n) is 4.98. The number of rotatable bonds is 6. The largest absolute Gasteiger partial charge is 0.490 e. The molecule has 0 saturated heterocycles. The summed E-state index contributed by atoms with van der Waals surface area (Å²) in [5, 5.41) is 17.2. The lowest BCUT2D eigenvalue weighted by Gasteiger charge is -2.12. The standard InChI is InChI=1S/C21H18N4O6S/c1-31-20-10-14(4-7-19(20)25(27)28)13-3-5-15-17(9-13)23-18-8-12(11-22-32(29)30)2-6-16(18)24-21(15)26/h2-10,22-23H,11H2,1H3,(H,24,26)(H,29,30). The second kappa shape index (κ2) is 8.75. The minimum Gasteiger partial charge on any atom is -0.490 e. The Morgan fingerprint density at radius 1 is 1.03 bits per heavy atom. The van der Waals surface area contributed by atoms with Crippen molar-refractivity contribution in [3.8, 4) is 16.9 Å². The summed E-state index contributed by atoms with van der Waals surface area (Å²) in [5.74, 6) is -0.154.